The summed E-state index contributed by atoms with van der Waals surface area (Å²) >= 11 is 4.15. The van der Waals surface area contributed by atoms with Gasteiger partial charge < -0.3 is 20.8 Å². The number of aliphatic carboxylic acids is 1. The zero-order valence-corrected chi connectivity index (χ0v) is 21.1. The van der Waals surface area contributed by atoms with E-state index in [1.165, 1.54) is 0 Å². The van der Waals surface area contributed by atoms with Gasteiger partial charge in [0.15, 0.2) is 0 Å². The van der Waals surface area contributed by atoms with Crippen LogP contribution in [0.4, 0.5) is 0 Å². The third-order valence-corrected chi connectivity index (χ3v) is 5.85. The summed E-state index contributed by atoms with van der Waals surface area (Å²) in [5.74, 6) is -2.44. The van der Waals surface area contributed by atoms with Gasteiger partial charge in [0, 0.05) is 5.75 Å². The second kappa shape index (κ2) is 15.0. The highest BCUT2D eigenvalue weighted by molar-refractivity contribution is 7.80. The minimum Gasteiger partial charge on any atom is -0.480 e. The molecule has 0 heterocycles. The van der Waals surface area contributed by atoms with Crippen LogP contribution in [0.25, 0.3) is 0 Å². The number of rotatable bonds is 15. The zero-order valence-electron chi connectivity index (χ0n) is 20.2. The van der Waals surface area contributed by atoms with Gasteiger partial charge in [-0.3, -0.25) is 9.59 Å². The Morgan fingerprint density at radius 2 is 1.45 bits per heavy atom. The number of carboxylic acid groups (broad SMARTS) is 1. The summed E-state index contributed by atoms with van der Waals surface area (Å²) in [6.45, 7) is 7.62. The lowest BCUT2D eigenvalue weighted by molar-refractivity contribution is -0.143. The molecule has 7 nitrogen and oxygen atoms in total. The molecule has 1 aromatic carbocycles. The van der Waals surface area contributed by atoms with Crippen LogP contribution in [0, 0.1) is 17.8 Å². The quantitative estimate of drug-likeness (QED) is 0.248. The van der Waals surface area contributed by atoms with E-state index in [1.807, 2.05) is 58.0 Å². The van der Waals surface area contributed by atoms with Crippen LogP contribution in [0.1, 0.15) is 58.9 Å². The highest BCUT2D eigenvalue weighted by atomic mass is 32.1. The molecule has 0 spiro atoms. The number of carbonyl (C=O) groups excluding carboxylic acids is 2. The molecule has 0 aliphatic carbocycles. The SMILES string of the molecule is CC(C)C[C@H](NC(=O)[C@H](CC(C)C)NC(=O)C(CCCc1ccccc1)C(O)CS)C(=O)O. The number of hydrogen-bond acceptors (Lipinski definition) is 5. The van der Waals surface area contributed by atoms with E-state index in [9.17, 15) is 24.6 Å². The first-order valence-corrected chi connectivity index (χ1v) is 12.3. The molecule has 1 rings (SSSR count). The number of benzene rings is 1. The summed E-state index contributed by atoms with van der Waals surface area (Å²) in [6, 6.07) is 8.00. The van der Waals surface area contributed by atoms with Gasteiger partial charge in [0.25, 0.3) is 0 Å². The molecule has 1 aromatic rings. The van der Waals surface area contributed by atoms with E-state index in [0.717, 1.165) is 12.0 Å². The van der Waals surface area contributed by atoms with Gasteiger partial charge in [-0.2, -0.15) is 12.6 Å². The third-order valence-electron chi connectivity index (χ3n) is 5.47. The van der Waals surface area contributed by atoms with Crippen molar-refractivity contribution in [2.24, 2.45) is 17.8 Å². The van der Waals surface area contributed by atoms with Crippen LogP contribution in [-0.4, -0.2) is 51.9 Å². The van der Waals surface area contributed by atoms with Gasteiger partial charge in [-0.15, -0.1) is 0 Å². The fourth-order valence-corrected chi connectivity index (χ4v) is 4.00. The molecule has 33 heavy (non-hydrogen) atoms. The van der Waals surface area contributed by atoms with Gasteiger partial charge >= 0.3 is 5.97 Å². The first-order valence-electron chi connectivity index (χ1n) is 11.7. The predicted molar refractivity (Wildman–Crippen MR) is 133 cm³/mol. The molecule has 0 aliphatic heterocycles. The van der Waals surface area contributed by atoms with E-state index in [0.29, 0.717) is 25.7 Å². The Balaban J connectivity index is 2.87. The smallest absolute Gasteiger partial charge is 0.326 e. The molecule has 4 atom stereocenters. The van der Waals surface area contributed by atoms with Crippen LogP contribution in [0.2, 0.25) is 0 Å². The number of aliphatic hydroxyl groups is 1. The van der Waals surface area contributed by atoms with E-state index in [4.69, 9.17) is 0 Å². The van der Waals surface area contributed by atoms with Crippen molar-refractivity contribution in [3.8, 4) is 0 Å². The van der Waals surface area contributed by atoms with Gasteiger partial charge in [0.1, 0.15) is 12.1 Å². The Morgan fingerprint density at radius 1 is 0.909 bits per heavy atom. The van der Waals surface area contributed by atoms with Crippen molar-refractivity contribution in [3.63, 3.8) is 0 Å². The lowest BCUT2D eigenvalue weighted by atomic mass is 9.93. The number of carbonyl (C=O) groups is 3. The Kier molecular flexibility index (Phi) is 13.1. The maximum atomic E-state index is 13.1. The van der Waals surface area contributed by atoms with Crippen molar-refractivity contribution >= 4 is 30.4 Å². The molecule has 0 saturated heterocycles. The maximum Gasteiger partial charge on any atom is 0.326 e. The van der Waals surface area contributed by atoms with Gasteiger partial charge in [0.05, 0.1) is 12.0 Å². The molecule has 186 valence electrons. The molecule has 0 fully saturated rings. The van der Waals surface area contributed by atoms with E-state index in [1.54, 1.807) is 0 Å². The van der Waals surface area contributed by atoms with Crippen LogP contribution < -0.4 is 10.6 Å². The number of aliphatic hydroxyl groups excluding tert-OH is 1. The molecule has 0 bridgehead atoms. The molecule has 0 aromatic heterocycles. The largest absolute Gasteiger partial charge is 0.480 e. The van der Waals surface area contributed by atoms with Crippen LogP contribution in [-0.2, 0) is 20.8 Å². The molecule has 0 aliphatic rings. The van der Waals surface area contributed by atoms with Crippen molar-refractivity contribution in [2.45, 2.75) is 78.0 Å². The Labute approximate surface area is 203 Å². The first kappa shape index (κ1) is 29.0. The van der Waals surface area contributed by atoms with Crippen LogP contribution in [0.3, 0.4) is 0 Å². The average molecular weight is 481 g/mol. The van der Waals surface area contributed by atoms with Crippen molar-refractivity contribution in [1.82, 2.24) is 10.6 Å². The highest BCUT2D eigenvalue weighted by Gasteiger charge is 2.31. The second-order valence-electron chi connectivity index (χ2n) is 9.45. The van der Waals surface area contributed by atoms with Gasteiger partial charge in [-0.05, 0) is 49.5 Å². The minimum atomic E-state index is -1.10. The normalized spacial score (nSPS) is 15.0. The average Bonchev–Trinajstić information content (AvgIpc) is 2.75. The fraction of sp³-hybridized carbons (Fsp3) is 0.640. The number of carboxylic acids is 1. The van der Waals surface area contributed by atoms with Crippen molar-refractivity contribution in [1.29, 1.82) is 0 Å². The number of nitrogens with one attached hydrogen (secondary N) is 2. The topological polar surface area (TPSA) is 116 Å². The number of hydrogen-bond donors (Lipinski definition) is 5. The monoisotopic (exact) mass is 480 g/mol. The Hall–Kier alpha value is -2.06. The summed E-state index contributed by atoms with van der Waals surface area (Å²) in [5.41, 5.74) is 1.15. The van der Waals surface area contributed by atoms with Crippen LogP contribution in [0.15, 0.2) is 30.3 Å². The summed E-state index contributed by atoms with van der Waals surface area (Å²) in [4.78, 5) is 37.5. The standard InChI is InChI=1S/C25H40N2O5S/c1-16(2)13-20(24(30)27-21(25(31)32)14-17(3)4)26-23(29)19(22(28)15-33)12-8-11-18-9-6-5-7-10-18/h5-7,9-10,16-17,19-22,28,33H,8,11-15H2,1-4H3,(H,26,29)(H,27,30)(H,31,32)/t19?,20-,21-,22?/m0/s1. The number of amides is 2. The molecule has 8 heteroatoms. The Morgan fingerprint density at radius 3 is 1.97 bits per heavy atom. The maximum absolute atomic E-state index is 13.1. The molecule has 2 unspecified atom stereocenters. The van der Waals surface area contributed by atoms with E-state index < -0.39 is 41.9 Å². The van der Waals surface area contributed by atoms with Crippen LogP contribution >= 0.6 is 12.6 Å². The van der Waals surface area contributed by atoms with E-state index in [2.05, 4.69) is 23.3 Å². The number of aryl methyl sites for hydroxylation is 1. The van der Waals surface area contributed by atoms with Crippen LogP contribution in [0.5, 0.6) is 0 Å². The lowest BCUT2D eigenvalue weighted by Gasteiger charge is -2.27. The predicted octanol–water partition coefficient (Wildman–Crippen LogP) is 3.06. The molecule has 0 saturated carbocycles. The summed E-state index contributed by atoms with van der Waals surface area (Å²) in [7, 11) is 0. The summed E-state index contributed by atoms with van der Waals surface area (Å²) < 4.78 is 0. The molecular weight excluding hydrogens is 440 g/mol. The van der Waals surface area contributed by atoms with Gasteiger partial charge in [-0.25, -0.2) is 4.79 Å². The molecule has 0 radical (unpaired) electrons. The number of thiol groups is 1. The fourth-order valence-electron chi connectivity index (χ4n) is 3.74. The zero-order chi connectivity index (χ0) is 25.0. The summed E-state index contributed by atoms with van der Waals surface area (Å²) in [5, 5.41) is 25.2. The van der Waals surface area contributed by atoms with Gasteiger partial charge in [0.2, 0.25) is 11.8 Å². The first-order chi connectivity index (χ1) is 15.5. The summed E-state index contributed by atoms with van der Waals surface area (Å²) in [6.07, 6.45) is 1.63. The molecule has 4 N–H and O–H groups in total. The lowest BCUT2D eigenvalue weighted by Crippen LogP contribution is -2.54. The van der Waals surface area contributed by atoms with E-state index in [-0.39, 0.29) is 17.6 Å². The molecule has 2 amide bonds. The second-order valence-corrected chi connectivity index (χ2v) is 9.82. The molecular formula is C25H40N2O5S. The van der Waals surface area contributed by atoms with Crippen molar-refractivity contribution in [2.75, 3.05) is 5.75 Å². The Bertz CT molecular complexity index is 742. The van der Waals surface area contributed by atoms with Gasteiger partial charge in [-0.1, -0.05) is 58.0 Å². The van der Waals surface area contributed by atoms with Crippen molar-refractivity contribution in [3.05, 3.63) is 35.9 Å². The van der Waals surface area contributed by atoms with Crippen molar-refractivity contribution < 1.29 is 24.6 Å². The third kappa shape index (κ3) is 11.1. The van der Waals surface area contributed by atoms with E-state index >= 15 is 0 Å². The minimum absolute atomic E-state index is 0.0871. The highest BCUT2D eigenvalue weighted by Crippen LogP contribution is 2.18.